The summed E-state index contributed by atoms with van der Waals surface area (Å²) in [5, 5.41) is 5.70. The van der Waals surface area contributed by atoms with Gasteiger partial charge in [-0.25, -0.2) is 4.79 Å². The van der Waals surface area contributed by atoms with E-state index in [0.717, 1.165) is 5.56 Å². The Labute approximate surface area is 121 Å². The zero-order chi connectivity index (χ0) is 15.7. The molecule has 2 atom stereocenters. The van der Waals surface area contributed by atoms with Gasteiger partial charge in [0.05, 0.1) is 0 Å². The molecule has 1 aromatic carbocycles. The van der Waals surface area contributed by atoms with Crippen molar-refractivity contribution >= 4 is 12.1 Å². The van der Waals surface area contributed by atoms with E-state index < -0.39 is 24.3 Å². The van der Waals surface area contributed by atoms with Gasteiger partial charge in [0.2, 0.25) is 0 Å². The molecule has 1 N–H and O–H groups in total. The van der Waals surface area contributed by atoms with Gasteiger partial charge in [-0.2, -0.15) is 0 Å². The summed E-state index contributed by atoms with van der Waals surface area (Å²) < 4.78 is 9.84. The van der Waals surface area contributed by atoms with Gasteiger partial charge in [0.1, 0.15) is 18.9 Å². The molecular weight excluding hydrogens is 276 g/mol. The normalized spacial score (nSPS) is 12.5. The second-order valence-corrected chi connectivity index (χ2v) is 4.17. The molecule has 0 fully saturated rings. The summed E-state index contributed by atoms with van der Waals surface area (Å²) in [6.45, 7) is 2.80. The van der Waals surface area contributed by atoms with Crippen molar-refractivity contribution in [3.8, 4) is 0 Å². The molecule has 0 aliphatic heterocycles. The molecule has 8 nitrogen and oxygen atoms in total. The highest BCUT2D eigenvalue weighted by Gasteiger charge is 2.21. The van der Waals surface area contributed by atoms with Crippen molar-refractivity contribution in [2.24, 2.45) is 5.11 Å². The van der Waals surface area contributed by atoms with Crippen molar-refractivity contribution in [2.75, 3.05) is 0 Å². The highest BCUT2D eigenvalue weighted by atomic mass is 16.6. The van der Waals surface area contributed by atoms with E-state index in [-0.39, 0.29) is 6.61 Å². The Morgan fingerprint density at radius 3 is 2.62 bits per heavy atom. The van der Waals surface area contributed by atoms with Gasteiger partial charge in [-0.1, -0.05) is 35.4 Å². The van der Waals surface area contributed by atoms with E-state index in [9.17, 15) is 9.59 Å². The van der Waals surface area contributed by atoms with Crippen molar-refractivity contribution in [3.05, 3.63) is 46.3 Å². The minimum atomic E-state index is -1.04. The van der Waals surface area contributed by atoms with Crippen molar-refractivity contribution in [1.29, 1.82) is 0 Å². The largest absolute Gasteiger partial charge is 0.461 e. The highest BCUT2D eigenvalue weighted by Crippen LogP contribution is 2.04. The van der Waals surface area contributed by atoms with E-state index in [4.69, 9.17) is 15.0 Å². The smallest absolute Gasteiger partial charge is 0.407 e. The summed E-state index contributed by atoms with van der Waals surface area (Å²) in [5.74, 6) is -0.542. The topological polar surface area (TPSA) is 113 Å². The van der Waals surface area contributed by atoms with E-state index in [1.54, 1.807) is 12.1 Å². The van der Waals surface area contributed by atoms with Gasteiger partial charge < -0.3 is 14.8 Å². The van der Waals surface area contributed by atoms with Crippen LogP contribution in [0.4, 0.5) is 4.79 Å². The summed E-state index contributed by atoms with van der Waals surface area (Å²) in [7, 11) is 0. The zero-order valence-electron chi connectivity index (χ0n) is 11.7. The molecule has 0 saturated carbocycles. The number of hydrogen-bond donors (Lipinski definition) is 1. The number of amides is 1. The molecule has 0 bridgehead atoms. The van der Waals surface area contributed by atoms with Crippen LogP contribution in [-0.2, 0) is 20.9 Å². The molecule has 0 aliphatic rings. The maximum atomic E-state index is 11.6. The molecule has 0 aliphatic carbocycles. The number of rotatable bonds is 6. The van der Waals surface area contributed by atoms with Gasteiger partial charge in [-0.15, -0.1) is 0 Å². The predicted molar refractivity (Wildman–Crippen MR) is 73.9 cm³/mol. The third-order valence-corrected chi connectivity index (χ3v) is 2.45. The second-order valence-electron chi connectivity index (χ2n) is 4.17. The Morgan fingerprint density at radius 2 is 2.05 bits per heavy atom. The summed E-state index contributed by atoms with van der Waals surface area (Å²) in [6, 6.07) is 9.10. The molecule has 0 heterocycles. The van der Waals surface area contributed by atoms with Crippen molar-refractivity contribution < 1.29 is 19.1 Å². The number of alkyl carbamates (subject to hydrolysis) is 1. The fourth-order valence-corrected chi connectivity index (χ4v) is 1.51. The highest BCUT2D eigenvalue weighted by molar-refractivity contribution is 5.68. The van der Waals surface area contributed by atoms with Crippen LogP contribution in [0.25, 0.3) is 10.4 Å². The Morgan fingerprint density at radius 1 is 1.38 bits per heavy atom. The Balaban J connectivity index is 2.52. The van der Waals surface area contributed by atoms with Crippen LogP contribution in [0.1, 0.15) is 19.4 Å². The first-order valence-electron chi connectivity index (χ1n) is 6.21. The molecule has 1 aromatic rings. The van der Waals surface area contributed by atoms with Crippen LogP contribution in [-0.4, -0.2) is 24.3 Å². The van der Waals surface area contributed by atoms with Crippen LogP contribution in [0.15, 0.2) is 35.4 Å². The van der Waals surface area contributed by atoms with E-state index >= 15 is 0 Å². The summed E-state index contributed by atoms with van der Waals surface area (Å²) in [6.07, 6.45) is -2.61. The number of nitrogens with one attached hydrogen (secondary N) is 1. The van der Waals surface area contributed by atoms with Crippen molar-refractivity contribution in [1.82, 2.24) is 5.32 Å². The minimum absolute atomic E-state index is 0.0810. The fourth-order valence-electron chi connectivity index (χ4n) is 1.51. The molecule has 112 valence electrons. The predicted octanol–water partition coefficient (Wildman–Crippen LogP) is 2.50. The minimum Gasteiger partial charge on any atom is -0.461 e. The number of hydrogen-bond acceptors (Lipinski definition) is 5. The molecule has 8 heteroatoms. The molecule has 0 aromatic heterocycles. The summed E-state index contributed by atoms with van der Waals surface area (Å²) in [5.41, 5.74) is 9.29. The average Bonchev–Trinajstić information content (AvgIpc) is 2.45. The lowest BCUT2D eigenvalue weighted by Crippen LogP contribution is -2.42. The number of ether oxygens (including phenoxy) is 2. The fraction of sp³-hybridized carbons (Fsp3) is 0.385. The Bertz CT molecular complexity index is 528. The van der Waals surface area contributed by atoms with Crippen LogP contribution < -0.4 is 5.32 Å². The molecule has 1 amide bonds. The summed E-state index contributed by atoms with van der Waals surface area (Å²) >= 11 is 0. The number of nitrogens with zero attached hydrogens (tertiary/aromatic N) is 3. The number of carbonyl (C=O) groups is 2. The van der Waals surface area contributed by atoms with Crippen LogP contribution in [0.3, 0.4) is 0 Å². The third-order valence-electron chi connectivity index (χ3n) is 2.45. The second kappa shape index (κ2) is 8.44. The Kier molecular flexibility index (Phi) is 6.56. The van der Waals surface area contributed by atoms with Gasteiger partial charge in [0.25, 0.3) is 0 Å². The van der Waals surface area contributed by atoms with Crippen LogP contribution >= 0.6 is 0 Å². The number of esters is 1. The molecular formula is C13H16N4O4. The lowest BCUT2D eigenvalue weighted by atomic mass is 10.2. The monoisotopic (exact) mass is 292 g/mol. The van der Waals surface area contributed by atoms with Gasteiger partial charge >= 0.3 is 12.1 Å². The van der Waals surface area contributed by atoms with E-state index in [0.29, 0.717) is 0 Å². The standard InChI is InChI=1S/C13H16N4O4/c1-9(21-10(2)18)12(16-17-14)15-13(19)20-8-11-6-4-3-5-7-11/h3-7,9,12H,8H2,1-2H3,(H,15,19). The Hall–Kier alpha value is -2.73. The van der Waals surface area contributed by atoms with E-state index in [1.807, 2.05) is 18.2 Å². The van der Waals surface area contributed by atoms with Crippen LogP contribution in [0, 0.1) is 0 Å². The van der Waals surface area contributed by atoms with Crippen LogP contribution in [0.2, 0.25) is 0 Å². The first-order valence-corrected chi connectivity index (χ1v) is 6.21. The quantitative estimate of drug-likeness (QED) is 0.375. The van der Waals surface area contributed by atoms with Gasteiger partial charge in [-0.3, -0.25) is 4.79 Å². The zero-order valence-corrected chi connectivity index (χ0v) is 11.7. The van der Waals surface area contributed by atoms with Gasteiger partial charge in [0, 0.05) is 11.8 Å². The maximum absolute atomic E-state index is 11.6. The molecule has 2 unspecified atom stereocenters. The van der Waals surface area contributed by atoms with E-state index in [1.165, 1.54) is 13.8 Å². The molecule has 0 saturated heterocycles. The summed E-state index contributed by atoms with van der Waals surface area (Å²) in [4.78, 5) is 25.1. The molecule has 0 spiro atoms. The number of benzene rings is 1. The molecule has 1 rings (SSSR count). The lowest BCUT2D eigenvalue weighted by molar-refractivity contribution is -0.146. The lowest BCUT2D eigenvalue weighted by Gasteiger charge is -2.20. The first kappa shape index (κ1) is 16.3. The van der Waals surface area contributed by atoms with E-state index in [2.05, 4.69) is 15.3 Å². The maximum Gasteiger partial charge on any atom is 0.407 e. The van der Waals surface area contributed by atoms with Crippen LogP contribution in [0.5, 0.6) is 0 Å². The SMILES string of the molecule is CC(=O)OC(C)C(N=[N+]=[N-])NC(=O)OCc1ccccc1. The van der Waals surface area contributed by atoms with Crippen molar-refractivity contribution in [2.45, 2.75) is 32.7 Å². The third kappa shape index (κ3) is 6.31. The average molecular weight is 292 g/mol. The number of carbonyl (C=O) groups excluding carboxylic acids is 2. The van der Waals surface area contributed by atoms with Gasteiger partial charge in [-0.05, 0) is 18.0 Å². The first-order chi connectivity index (χ1) is 10.0. The molecule has 0 radical (unpaired) electrons. The molecule has 21 heavy (non-hydrogen) atoms. The van der Waals surface area contributed by atoms with Crippen molar-refractivity contribution in [3.63, 3.8) is 0 Å². The number of azide groups is 1. The van der Waals surface area contributed by atoms with Gasteiger partial charge in [0.15, 0.2) is 0 Å².